The summed E-state index contributed by atoms with van der Waals surface area (Å²) in [7, 11) is 0. The predicted molar refractivity (Wildman–Crippen MR) is 47.7 cm³/mol. The standard InChI is InChI=1S/C8H10BF3NO.K/c1-6(14)8-3-2-7(5-13-8)4-9(10,11)12;/h2-3,5-6,14H,4H2,1H3;/q-1;+1. The van der Waals surface area contributed by atoms with Crippen LogP contribution in [-0.2, 0) is 6.32 Å². The van der Waals surface area contributed by atoms with Crippen LogP contribution in [0.15, 0.2) is 18.3 Å². The second-order valence-electron chi connectivity index (χ2n) is 3.18. The molecule has 0 aliphatic rings. The van der Waals surface area contributed by atoms with E-state index in [0.29, 0.717) is 5.69 Å². The number of hydrogen-bond acceptors (Lipinski definition) is 2. The van der Waals surface area contributed by atoms with Crippen LogP contribution in [0.1, 0.15) is 24.3 Å². The van der Waals surface area contributed by atoms with Crippen molar-refractivity contribution in [3.05, 3.63) is 29.6 Å². The van der Waals surface area contributed by atoms with Gasteiger partial charge in [-0.2, -0.15) is 0 Å². The summed E-state index contributed by atoms with van der Waals surface area (Å²) in [6.07, 6.45) is -0.523. The van der Waals surface area contributed by atoms with E-state index in [0.717, 1.165) is 6.20 Å². The number of pyridine rings is 1. The molecule has 1 aromatic rings. The number of aliphatic hydroxyl groups excluding tert-OH is 1. The Morgan fingerprint density at radius 3 is 2.33 bits per heavy atom. The summed E-state index contributed by atoms with van der Waals surface area (Å²) in [6, 6.07) is 2.74. The van der Waals surface area contributed by atoms with Crippen molar-refractivity contribution in [2.24, 2.45) is 0 Å². The number of aliphatic hydroxyl groups is 1. The minimum atomic E-state index is -4.81. The van der Waals surface area contributed by atoms with Crippen molar-refractivity contribution in [2.45, 2.75) is 19.3 Å². The average Bonchev–Trinajstić information content (AvgIpc) is 2.02. The molecule has 0 aliphatic heterocycles. The van der Waals surface area contributed by atoms with Crippen LogP contribution in [0.3, 0.4) is 0 Å². The molecule has 1 heterocycles. The molecule has 15 heavy (non-hydrogen) atoms. The molecule has 0 radical (unpaired) electrons. The zero-order chi connectivity index (χ0) is 10.8. The first-order valence-corrected chi connectivity index (χ1v) is 4.22. The molecule has 2 nitrogen and oxygen atoms in total. The van der Waals surface area contributed by atoms with E-state index in [1.165, 1.54) is 19.1 Å². The van der Waals surface area contributed by atoms with Gasteiger partial charge in [0.25, 0.3) is 0 Å². The Morgan fingerprint density at radius 1 is 1.40 bits per heavy atom. The van der Waals surface area contributed by atoms with Crippen LogP contribution < -0.4 is 51.4 Å². The number of aromatic nitrogens is 1. The third-order valence-corrected chi connectivity index (χ3v) is 1.74. The maximum absolute atomic E-state index is 12.0. The van der Waals surface area contributed by atoms with Crippen molar-refractivity contribution in [1.29, 1.82) is 0 Å². The fourth-order valence-corrected chi connectivity index (χ4v) is 1.07. The Balaban J connectivity index is 0.00000196. The monoisotopic (exact) mass is 243 g/mol. The van der Waals surface area contributed by atoms with Gasteiger partial charge in [0, 0.05) is 6.20 Å². The third kappa shape index (κ3) is 6.03. The van der Waals surface area contributed by atoms with Crippen molar-refractivity contribution in [3.63, 3.8) is 0 Å². The molecule has 1 unspecified atom stereocenters. The molecule has 1 atom stereocenters. The summed E-state index contributed by atoms with van der Waals surface area (Å²) in [6.45, 7) is -3.30. The first-order valence-electron chi connectivity index (χ1n) is 4.22. The second-order valence-corrected chi connectivity index (χ2v) is 3.18. The van der Waals surface area contributed by atoms with Gasteiger partial charge in [0.2, 0.25) is 0 Å². The van der Waals surface area contributed by atoms with Gasteiger partial charge in [-0.3, -0.25) is 4.98 Å². The van der Waals surface area contributed by atoms with E-state index in [1.807, 2.05) is 0 Å². The predicted octanol–water partition coefficient (Wildman–Crippen LogP) is -0.932. The van der Waals surface area contributed by atoms with Crippen molar-refractivity contribution >= 4 is 6.98 Å². The molecule has 0 bridgehead atoms. The molecule has 0 saturated heterocycles. The van der Waals surface area contributed by atoms with Crippen molar-refractivity contribution < 1.29 is 69.4 Å². The summed E-state index contributed by atoms with van der Waals surface area (Å²) >= 11 is 0. The fraction of sp³-hybridized carbons (Fsp3) is 0.375. The molecular weight excluding hydrogens is 233 g/mol. The maximum atomic E-state index is 12.0. The minimum absolute atomic E-state index is 0. The Labute approximate surface area is 129 Å². The quantitative estimate of drug-likeness (QED) is 0.696. The molecule has 1 rings (SSSR count). The summed E-state index contributed by atoms with van der Waals surface area (Å²) in [4.78, 5) is 3.72. The largest absolute Gasteiger partial charge is 1.00 e. The first kappa shape index (κ1) is 15.6. The molecule has 0 aromatic carbocycles. The van der Waals surface area contributed by atoms with Gasteiger partial charge in [0.15, 0.2) is 0 Å². The Hall–Kier alpha value is 0.601. The van der Waals surface area contributed by atoms with Gasteiger partial charge < -0.3 is 18.1 Å². The van der Waals surface area contributed by atoms with Gasteiger partial charge in [0.05, 0.1) is 11.8 Å². The van der Waals surface area contributed by atoms with Gasteiger partial charge in [-0.1, -0.05) is 17.9 Å². The topological polar surface area (TPSA) is 33.1 Å². The van der Waals surface area contributed by atoms with Gasteiger partial charge >= 0.3 is 58.4 Å². The molecular formula is C8H10BF3KNO. The van der Waals surface area contributed by atoms with Gasteiger partial charge in [-0.25, -0.2) is 0 Å². The SMILES string of the molecule is CC(O)c1ccc(C[B-](F)(F)F)cn1.[K+]. The molecule has 7 heteroatoms. The van der Waals surface area contributed by atoms with Crippen molar-refractivity contribution in [1.82, 2.24) is 4.98 Å². The van der Waals surface area contributed by atoms with Crippen LogP contribution >= 0.6 is 0 Å². The summed E-state index contributed by atoms with van der Waals surface area (Å²) < 4.78 is 36.0. The second kappa shape index (κ2) is 6.36. The van der Waals surface area contributed by atoms with Crippen LogP contribution in [-0.4, -0.2) is 17.1 Å². The molecule has 0 fully saturated rings. The van der Waals surface area contributed by atoms with Crippen molar-refractivity contribution in [2.75, 3.05) is 0 Å². The van der Waals surface area contributed by atoms with Gasteiger partial charge in [-0.05, 0) is 13.0 Å². The molecule has 1 N–H and O–H groups in total. The molecule has 0 spiro atoms. The average molecular weight is 243 g/mol. The van der Waals surface area contributed by atoms with E-state index in [9.17, 15) is 12.9 Å². The summed E-state index contributed by atoms with van der Waals surface area (Å²) in [5, 5.41) is 9.07. The van der Waals surface area contributed by atoms with E-state index < -0.39 is 19.4 Å². The smallest absolute Gasteiger partial charge is 0.449 e. The Bertz CT molecular complexity index is 302. The maximum Gasteiger partial charge on any atom is 1.00 e. The summed E-state index contributed by atoms with van der Waals surface area (Å²) in [5.74, 6) is 0. The zero-order valence-corrected chi connectivity index (χ0v) is 11.7. The minimum Gasteiger partial charge on any atom is -0.449 e. The molecule has 78 valence electrons. The zero-order valence-electron chi connectivity index (χ0n) is 8.62. The van der Waals surface area contributed by atoms with E-state index in [4.69, 9.17) is 5.11 Å². The van der Waals surface area contributed by atoms with Gasteiger partial charge in [0.1, 0.15) is 0 Å². The number of nitrogens with zero attached hydrogens (tertiary/aromatic N) is 1. The van der Waals surface area contributed by atoms with E-state index in [-0.39, 0.29) is 56.9 Å². The van der Waals surface area contributed by atoms with E-state index >= 15 is 0 Å². The first-order chi connectivity index (χ1) is 6.38. The van der Waals surface area contributed by atoms with Crippen LogP contribution in [0.4, 0.5) is 12.9 Å². The Kier molecular flexibility index (Phi) is 6.62. The van der Waals surface area contributed by atoms with E-state index in [1.54, 1.807) is 0 Å². The number of hydrogen-bond donors (Lipinski definition) is 1. The van der Waals surface area contributed by atoms with Crippen LogP contribution in [0.25, 0.3) is 0 Å². The number of halogens is 3. The van der Waals surface area contributed by atoms with E-state index in [2.05, 4.69) is 4.98 Å². The van der Waals surface area contributed by atoms with Crippen LogP contribution in [0, 0.1) is 0 Å². The summed E-state index contributed by atoms with van der Waals surface area (Å²) in [5.41, 5.74) is 0.505. The fourth-order valence-electron chi connectivity index (χ4n) is 1.07. The van der Waals surface area contributed by atoms with Crippen molar-refractivity contribution in [3.8, 4) is 0 Å². The molecule has 0 aliphatic carbocycles. The number of rotatable bonds is 3. The molecule has 0 saturated carbocycles. The Morgan fingerprint density at radius 2 is 2.00 bits per heavy atom. The van der Waals surface area contributed by atoms with Gasteiger partial charge in [-0.15, -0.1) is 0 Å². The molecule has 0 amide bonds. The third-order valence-electron chi connectivity index (χ3n) is 1.74. The van der Waals surface area contributed by atoms with Crippen LogP contribution in [0.2, 0.25) is 0 Å². The van der Waals surface area contributed by atoms with Crippen LogP contribution in [0.5, 0.6) is 0 Å². The molecule has 1 aromatic heterocycles. The normalized spacial score (nSPS) is 13.1.